The topological polar surface area (TPSA) is 108 Å². The van der Waals surface area contributed by atoms with Crippen molar-refractivity contribution in [3.63, 3.8) is 0 Å². The van der Waals surface area contributed by atoms with Gasteiger partial charge in [-0.3, -0.25) is 9.59 Å². The number of carbonyl (C=O) groups excluding carboxylic acids is 2. The number of hydrogen-bond donors (Lipinski definition) is 2. The molecule has 0 spiro atoms. The van der Waals surface area contributed by atoms with E-state index in [4.69, 9.17) is 4.74 Å². The zero-order valence-corrected chi connectivity index (χ0v) is 20.5. The van der Waals surface area contributed by atoms with Gasteiger partial charge in [-0.15, -0.1) is 0 Å². The average Bonchev–Trinajstić information content (AvgIpc) is 2.77. The Labute approximate surface area is 195 Å². The third kappa shape index (κ3) is 7.19. The van der Waals surface area contributed by atoms with E-state index in [-0.39, 0.29) is 29.9 Å². The Morgan fingerprint density at radius 3 is 2.21 bits per heavy atom. The third-order valence-electron chi connectivity index (χ3n) is 4.91. The molecule has 0 heterocycles. The zero-order chi connectivity index (χ0) is 24.6. The average molecular weight is 477 g/mol. The van der Waals surface area contributed by atoms with Gasteiger partial charge < -0.3 is 20.3 Å². The second-order valence-corrected chi connectivity index (χ2v) is 9.53. The molecule has 2 aromatic rings. The van der Waals surface area contributed by atoms with Gasteiger partial charge in [0.05, 0.1) is 17.1 Å². The maximum atomic E-state index is 12.6. The monoisotopic (exact) mass is 476 g/mol. The molecule has 0 bridgehead atoms. The van der Waals surface area contributed by atoms with Gasteiger partial charge in [-0.05, 0) is 48.9 Å². The second-order valence-electron chi connectivity index (χ2n) is 7.59. The predicted octanol–water partition coefficient (Wildman–Crippen LogP) is 2.54. The van der Waals surface area contributed by atoms with Gasteiger partial charge in [-0.25, -0.2) is 8.42 Å². The lowest BCUT2D eigenvalue weighted by atomic mass is 10.2. The molecule has 0 aromatic heterocycles. The molecule has 0 saturated heterocycles. The van der Waals surface area contributed by atoms with Crippen LogP contribution in [0.2, 0.25) is 0 Å². The summed E-state index contributed by atoms with van der Waals surface area (Å²) in [5.74, 6) is -0.0131. The third-order valence-corrected chi connectivity index (χ3v) is 6.97. The number of ether oxygens (including phenoxy) is 1. The highest BCUT2D eigenvalue weighted by molar-refractivity contribution is 7.89. The van der Waals surface area contributed by atoms with E-state index < -0.39 is 10.0 Å². The fourth-order valence-corrected chi connectivity index (χ4v) is 4.43. The van der Waals surface area contributed by atoms with Crippen molar-refractivity contribution in [3.05, 3.63) is 48.0 Å². The highest BCUT2D eigenvalue weighted by Gasteiger charge is 2.21. The molecule has 0 fully saturated rings. The normalized spacial score (nSPS) is 11.2. The van der Waals surface area contributed by atoms with Crippen molar-refractivity contribution in [2.45, 2.75) is 25.7 Å². The molecule has 9 nitrogen and oxygen atoms in total. The summed E-state index contributed by atoms with van der Waals surface area (Å²) in [6.07, 6.45) is 0. The Kier molecular flexibility index (Phi) is 9.24. The van der Waals surface area contributed by atoms with Crippen molar-refractivity contribution >= 4 is 33.2 Å². The molecule has 10 heteroatoms. The molecule has 33 heavy (non-hydrogen) atoms. The van der Waals surface area contributed by atoms with Crippen molar-refractivity contribution in [2.75, 3.05) is 51.0 Å². The van der Waals surface area contributed by atoms with Crippen molar-refractivity contribution in [2.24, 2.45) is 0 Å². The number of aryl methyl sites for hydroxylation is 1. The number of amides is 2. The van der Waals surface area contributed by atoms with E-state index in [0.29, 0.717) is 30.2 Å². The first-order valence-electron chi connectivity index (χ1n) is 10.7. The van der Waals surface area contributed by atoms with Gasteiger partial charge in [0.1, 0.15) is 5.75 Å². The Morgan fingerprint density at radius 2 is 1.64 bits per heavy atom. The van der Waals surface area contributed by atoms with Crippen LogP contribution in [0.1, 0.15) is 19.4 Å². The number of sulfonamides is 1. The van der Waals surface area contributed by atoms with E-state index in [1.807, 2.05) is 13.0 Å². The van der Waals surface area contributed by atoms with Crippen molar-refractivity contribution < 1.29 is 22.7 Å². The molecular weight excluding hydrogens is 444 g/mol. The Balaban J connectivity index is 2.00. The predicted molar refractivity (Wildman–Crippen MR) is 129 cm³/mol. The summed E-state index contributed by atoms with van der Waals surface area (Å²) in [4.78, 5) is 25.8. The number of nitrogens with one attached hydrogen (secondary N) is 2. The second kappa shape index (κ2) is 11.7. The summed E-state index contributed by atoms with van der Waals surface area (Å²) in [6.45, 7) is 6.09. The van der Waals surface area contributed by atoms with E-state index in [0.717, 1.165) is 5.56 Å². The fraction of sp³-hybridized carbons (Fsp3) is 0.391. The van der Waals surface area contributed by atoms with Gasteiger partial charge in [-0.1, -0.05) is 19.9 Å². The number of benzene rings is 2. The Hall–Kier alpha value is -3.11. The smallest absolute Gasteiger partial charge is 0.259 e. The van der Waals surface area contributed by atoms with E-state index in [2.05, 4.69) is 10.6 Å². The van der Waals surface area contributed by atoms with Gasteiger partial charge in [0.2, 0.25) is 15.9 Å². The maximum Gasteiger partial charge on any atom is 0.259 e. The Morgan fingerprint density at radius 1 is 1.00 bits per heavy atom. The van der Waals surface area contributed by atoms with Crippen LogP contribution >= 0.6 is 0 Å². The van der Waals surface area contributed by atoms with Crippen molar-refractivity contribution in [3.8, 4) is 5.75 Å². The molecule has 180 valence electrons. The van der Waals surface area contributed by atoms with Gasteiger partial charge >= 0.3 is 0 Å². The SMILES string of the molecule is CCN(CC)S(=O)(=O)c1ccc(NC(=O)CNc2ccc(C)cc2OCC(=O)N(C)C)cc1. The molecule has 0 aliphatic carbocycles. The number of carbonyl (C=O) groups is 2. The lowest BCUT2D eigenvalue weighted by Gasteiger charge is -2.18. The van der Waals surface area contributed by atoms with E-state index in [1.165, 1.54) is 21.3 Å². The fourth-order valence-electron chi connectivity index (χ4n) is 2.97. The van der Waals surface area contributed by atoms with Crippen molar-refractivity contribution in [1.82, 2.24) is 9.21 Å². The number of rotatable bonds is 11. The quantitative estimate of drug-likeness (QED) is 0.516. The molecule has 0 aliphatic heterocycles. The molecule has 2 rings (SSSR count). The molecule has 0 saturated carbocycles. The molecule has 0 unspecified atom stereocenters. The number of hydrogen-bond acceptors (Lipinski definition) is 6. The van der Waals surface area contributed by atoms with Gasteiger partial charge in [0.15, 0.2) is 6.61 Å². The molecule has 0 atom stereocenters. The van der Waals surface area contributed by atoms with E-state index >= 15 is 0 Å². The summed E-state index contributed by atoms with van der Waals surface area (Å²) in [6, 6.07) is 11.5. The molecular formula is C23H32N4O5S. The van der Waals surface area contributed by atoms with Crippen LogP contribution < -0.4 is 15.4 Å². The standard InChI is InChI=1S/C23H32N4O5S/c1-6-27(7-2)33(30,31)19-11-9-18(10-12-19)25-22(28)15-24-20-13-8-17(3)14-21(20)32-16-23(29)26(4)5/h8-14,24H,6-7,15-16H2,1-5H3,(H,25,28). The van der Waals surface area contributed by atoms with Crippen LogP contribution in [0.4, 0.5) is 11.4 Å². The number of nitrogens with zero attached hydrogens (tertiary/aromatic N) is 2. The summed E-state index contributed by atoms with van der Waals surface area (Å²) in [5, 5.41) is 5.75. The zero-order valence-electron chi connectivity index (χ0n) is 19.7. The molecule has 2 amide bonds. The van der Waals surface area contributed by atoms with E-state index in [9.17, 15) is 18.0 Å². The minimum absolute atomic E-state index is 0.0411. The minimum atomic E-state index is -3.55. The van der Waals surface area contributed by atoms with E-state index in [1.54, 1.807) is 52.2 Å². The summed E-state index contributed by atoms with van der Waals surface area (Å²) < 4.78 is 32.1. The van der Waals surface area contributed by atoms with Crippen LogP contribution in [0.3, 0.4) is 0 Å². The highest BCUT2D eigenvalue weighted by atomic mass is 32.2. The minimum Gasteiger partial charge on any atom is -0.482 e. The summed E-state index contributed by atoms with van der Waals surface area (Å²) in [5.41, 5.74) is 2.03. The van der Waals surface area contributed by atoms with Crippen LogP contribution in [0.5, 0.6) is 5.75 Å². The summed E-state index contributed by atoms with van der Waals surface area (Å²) >= 11 is 0. The first kappa shape index (κ1) is 26.1. The number of likely N-dealkylation sites (N-methyl/N-ethyl adjacent to an activating group) is 1. The van der Waals surface area contributed by atoms with Crippen LogP contribution in [0.25, 0.3) is 0 Å². The van der Waals surface area contributed by atoms with Gasteiger partial charge in [0.25, 0.3) is 5.91 Å². The molecule has 2 aromatic carbocycles. The lowest BCUT2D eigenvalue weighted by Crippen LogP contribution is -2.30. The first-order chi connectivity index (χ1) is 15.6. The lowest BCUT2D eigenvalue weighted by molar-refractivity contribution is -0.130. The van der Waals surface area contributed by atoms with Gasteiger partial charge in [-0.2, -0.15) is 4.31 Å². The molecule has 0 radical (unpaired) electrons. The van der Waals surface area contributed by atoms with Crippen LogP contribution in [0.15, 0.2) is 47.4 Å². The van der Waals surface area contributed by atoms with Crippen LogP contribution in [-0.4, -0.2) is 69.8 Å². The van der Waals surface area contributed by atoms with Crippen molar-refractivity contribution in [1.29, 1.82) is 0 Å². The Bertz CT molecular complexity index is 1060. The van der Waals surface area contributed by atoms with Crippen LogP contribution in [0, 0.1) is 6.92 Å². The van der Waals surface area contributed by atoms with Gasteiger partial charge in [0, 0.05) is 32.9 Å². The first-order valence-corrected chi connectivity index (χ1v) is 12.1. The molecule has 0 aliphatic rings. The van der Waals surface area contributed by atoms with Crippen LogP contribution in [-0.2, 0) is 19.6 Å². The molecule has 2 N–H and O–H groups in total. The summed E-state index contributed by atoms with van der Waals surface area (Å²) in [7, 11) is -0.251. The largest absolute Gasteiger partial charge is 0.482 e. The maximum absolute atomic E-state index is 12.6. The highest BCUT2D eigenvalue weighted by Crippen LogP contribution is 2.26. The number of anilines is 2.